The molecular formula is C15H24N2O. The molecule has 1 N–H and O–H groups in total. The number of piperidine rings is 2. The Labute approximate surface area is 110 Å². The van der Waals surface area contributed by atoms with Gasteiger partial charge in [0.25, 0.3) is 0 Å². The zero-order valence-electron chi connectivity index (χ0n) is 11.3. The summed E-state index contributed by atoms with van der Waals surface area (Å²) in [5, 5.41) is 3.55. The minimum absolute atomic E-state index is 0.441. The molecule has 2 fully saturated rings. The second-order valence-electron chi connectivity index (χ2n) is 5.85. The molecule has 100 valence electrons. The maximum atomic E-state index is 6.06. The maximum Gasteiger partial charge on any atom is 0.195 e. The molecule has 3 nitrogen and oxygen atoms in total. The first-order chi connectivity index (χ1) is 8.83. The van der Waals surface area contributed by atoms with Crippen molar-refractivity contribution in [3.8, 4) is 0 Å². The Morgan fingerprint density at radius 3 is 2.72 bits per heavy atom. The zero-order chi connectivity index (χ0) is 12.4. The van der Waals surface area contributed by atoms with E-state index in [9.17, 15) is 0 Å². The lowest BCUT2D eigenvalue weighted by Crippen LogP contribution is -2.32. The van der Waals surface area contributed by atoms with E-state index in [0.717, 1.165) is 37.2 Å². The van der Waals surface area contributed by atoms with Gasteiger partial charge in [-0.1, -0.05) is 13.3 Å². The van der Waals surface area contributed by atoms with E-state index in [4.69, 9.17) is 4.42 Å². The quantitative estimate of drug-likeness (QED) is 0.870. The average molecular weight is 248 g/mol. The number of hydrogen-bond acceptors (Lipinski definition) is 3. The molecule has 1 aromatic heterocycles. The summed E-state index contributed by atoms with van der Waals surface area (Å²) in [7, 11) is 0. The van der Waals surface area contributed by atoms with Crippen LogP contribution in [0, 0.1) is 5.92 Å². The normalized spacial score (nSPS) is 26.5. The fourth-order valence-corrected chi connectivity index (χ4v) is 3.02. The van der Waals surface area contributed by atoms with Crippen LogP contribution in [0.3, 0.4) is 0 Å². The van der Waals surface area contributed by atoms with Crippen molar-refractivity contribution in [1.82, 2.24) is 5.32 Å². The molecule has 3 rings (SSSR count). The Balaban J connectivity index is 1.65. The van der Waals surface area contributed by atoms with Gasteiger partial charge in [0, 0.05) is 19.2 Å². The fraction of sp³-hybridized carbons (Fsp3) is 0.733. The molecule has 0 saturated carbocycles. The second-order valence-corrected chi connectivity index (χ2v) is 5.85. The maximum absolute atomic E-state index is 6.06. The van der Waals surface area contributed by atoms with E-state index in [0.29, 0.717) is 6.04 Å². The molecule has 1 atom stereocenters. The summed E-state index contributed by atoms with van der Waals surface area (Å²) in [6.07, 6.45) is 6.41. The minimum Gasteiger partial charge on any atom is -0.444 e. The highest BCUT2D eigenvalue weighted by Crippen LogP contribution is 2.30. The number of hydrogen-bond donors (Lipinski definition) is 1. The van der Waals surface area contributed by atoms with Crippen molar-refractivity contribution in [1.29, 1.82) is 0 Å². The molecule has 2 aliphatic rings. The largest absolute Gasteiger partial charge is 0.444 e. The number of anilines is 1. The van der Waals surface area contributed by atoms with Crippen LogP contribution in [-0.4, -0.2) is 19.6 Å². The van der Waals surface area contributed by atoms with Gasteiger partial charge in [-0.05, 0) is 44.2 Å². The molecule has 1 aromatic rings. The standard InChI is InChI=1S/C15H24N2O/c1-12-7-10-17(11-8-12)15-6-5-14(18-15)13-4-2-3-9-16-13/h5-6,12-13,16H,2-4,7-11H2,1H3/t13-/m0/s1. The Kier molecular flexibility index (Phi) is 3.59. The molecular weight excluding hydrogens is 224 g/mol. The monoisotopic (exact) mass is 248 g/mol. The Morgan fingerprint density at radius 1 is 1.17 bits per heavy atom. The van der Waals surface area contributed by atoms with Gasteiger partial charge < -0.3 is 14.6 Å². The molecule has 3 heteroatoms. The molecule has 0 unspecified atom stereocenters. The molecule has 2 aliphatic heterocycles. The van der Waals surface area contributed by atoms with Crippen molar-refractivity contribution in [2.24, 2.45) is 5.92 Å². The second kappa shape index (κ2) is 5.35. The SMILES string of the molecule is CC1CCN(c2ccc([C@@H]3CCCCN3)o2)CC1. The summed E-state index contributed by atoms with van der Waals surface area (Å²) in [6.45, 7) is 5.76. The van der Waals surface area contributed by atoms with E-state index >= 15 is 0 Å². The van der Waals surface area contributed by atoms with Crippen LogP contribution >= 0.6 is 0 Å². The molecule has 0 aliphatic carbocycles. The molecule has 0 bridgehead atoms. The van der Waals surface area contributed by atoms with Crippen molar-refractivity contribution in [3.63, 3.8) is 0 Å². The Hall–Kier alpha value is -0.960. The summed E-state index contributed by atoms with van der Waals surface area (Å²) in [6, 6.07) is 4.76. The van der Waals surface area contributed by atoms with Crippen molar-refractivity contribution >= 4 is 5.88 Å². The first kappa shape index (κ1) is 12.1. The van der Waals surface area contributed by atoms with E-state index in [2.05, 4.69) is 29.3 Å². The van der Waals surface area contributed by atoms with Crippen LogP contribution in [0.15, 0.2) is 16.5 Å². The highest BCUT2D eigenvalue weighted by Gasteiger charge is 2.22. The van der Waals surface area contributed by atoms with Gasteiger partial charge in [0.1, 0.15) is 5.76 Å². The van der Waals surface area contributed by atoms with Gasteiger partial charge in [0.05, 0.1) is 6.04 Å². The van der Waals surface area contributed by atoms with Crippen LogP contribution in [0.1, 0.15) is 50.8 Å². The number of rotatable bonds is 2. The van der Waals surface area contributed by atoms with Crippen LogP contribution in [0.5, 0.6) is 0 Å². The Morgan fingerprint density at radius 2 is 2.00 bits per heavy atom. The zero-order valence-corrected chi connectivity index (χ0v) is 11.3. The van der Waals surface area contributed by atoms with E-state index in [-0.39, 0.29) is 0 Å². The number of nitrogens with one attached hydrogen (secondary N) is 1. The van der Waals surface area contributed by atoms with Gasteiger partial charge in [-0.15, -0.1) is 0 Å². The highest BCUT2D eigenvalue weighted by atomic mass is 16.4. The van der Waals surface area contributed by atoms with Crippen molar-refractivity contribution in [2.45, 2.75) is 45.1 Å². The number of furan rings is 1. The van der Waals surface area contributed by atoms with Gasteiger partial charge in [0.15, 0.2) is 5.88 Å². The molecule has 0 aromatic carbocycles. The van der Waals surface area contributed by atoms with E-state index in [1.54, 1.807) is 0 Å². The summed E-state index contributed by atoms with van der Waals surface area (Å²) in [5.41, 5.74) is 0. The van der Waals surface area contributed by atoms with Crippen molar-refractivity contribution < 1.29 is 4.42 Å². The van der Waals surface area contributed by atoms with Gasteiger partial charge in [-0.3, -0.25) is 0 Å². The first-order valence-electron chi connectivity index (χ1n) is 7.41. The molecule has 2 saturated heterocycles. The summed E-state index contributed by atoms with van der Waals surface area (Å²) >= 11 is 0. The predicted molar refractivity (Wildman–Crippen MR) is 73.9 cm³/mol. The predicted octanol–water partition coefficient (Wildman–Crippen LogP) is 3.33. The topological polar surface area (TPSA) is 28.4 Å². The summed E-state index contributed by atoms with van der Waals surface area (Å²) in [4.78, 5) is 2.40. The van der Waals surface area contributed by atoms with E-state index in [1.165, 1.54) is 32.1 Å². The molecule has 3 heterocycles. The molecule has 18 heavy (non-hydrogen) atoms. The fourth-order valence-electron chi connectivity index (χ4n) is 3.02. The van der Waals surface area contributed by atoms with Crippen LogP contribution < -0.4 is 10.2 Å². The summed E-state index contributed by atoms with van der Waals surface area (Å²) < 4.78 is 6.06. The third-order valence-corrected chi connectivity index (χ3v) is 4.36. The lowest BCUT2D eigenvalue weighted by molar-refractivity contribution is 0.343. The van der Waals surface area contributed by atoms with Gasteiger partial charge >= 0.3 is 0 Å². The third kappa shape index (κ3) is 2.56. The van der Waals surface area contributed by atoms with Crippen molar-refractivity contribution in [2.75, 3.05) is 24.5 Å². The molecule has 0 radical (unpaired) electrons. The minimum atomic E-state index is 0.441. The smallest absolute Gasteiger partial charge is 0.195 e. The molecule has 0 amide bonds. The number of nitrogens with zero attached hydrogens (tertiary/aromatic N) is 1. The van der Waals surface area contributed by atoms with Crippen molar-refractivity contribution in [3.05, 3.63) is 17.9 Å². The first-order valence-corrected chi connectivity index (χ1v) is 7.41. The highest BCUT2D eigenvalue weighted by molar-refractivity contribution is 5.37. The van der Waals surface area contributed by atoms with Gasteiger partial charge in [-0.2, -0.15) is 0 Å². The van der Waals surface area contributed by atoms with Gasteiger partial charge in [-0.25, -0.2) is 0 Å². The Bertz CT molecular complexity index is 374. The van der Waals surface area contributed by atoms with Gasteiger partial charge in [0.2, 0.25) is 0 Å². The lowest BCUT2D eigenvalue weighted by Gasteiger charge is -2.30. The summed E-state index contributed by atoms with van der Waals surface area (Å²) in [5.74, 6) is 3.07. The van der Waals surface area contributed by atoms with Crippen LogP contribution in [0.4, 0.5) is 5.88 Å². The average Bonchev–Trinajstić information content (AvgIpc) is 2.90. The van der Waals surface area contributed by atoms with Crippen LogP contribution in [-0.2, 0) is 0 Å². The third-order valence-electron chi connectivity index (χ3n) is 4.36. The van der Waals surface area contributed by atoms with Crippen LogP contribution in [0.2, 0.25) is 0 Å². The molecule has 0 spiro atoms. The van der Waals surface area contributed by atoms with E-state index in [1.807, 2.05) is 0 Å². The lowest BCUT2D eigenvalue weighted by atomic mass is 9.99. The van der Waals surface area contributed by atoms with E-state index < -0.39 is 0 Å². The van der Waals surface area contributed by atoms with Crippen LogP contribution in [0.25, 0.3) is 0 Å².